The van der Waals surface area contributed by atoms with Crippen molar-refractivity contribution in [3.63, 3.8) is 0 Å². The fourth-order valence-electron chi connectivity index (χ4n) is 4.60. The van der Waals surface area contributed by atoms with E-state index < -0.39 is 16.6 Å². The Morgan fingerprint density at radius 1 is 0.542 bits per heavy atom. The van der Waals surface area contributed by atoms with Crippen LogP contribution in [0.15, 0.2) is 0 Å². The molecule has 0 bridgehead atoms. The Bertz CT molecular complexity index is 325. The van der Waals surface area contributed by atoms with E-state index in [9.17, 15) is 0 Å². The molecule has 0 N–H and O–H groups in total. The van der Waals surface area contributed by atoms with Gasteiger partial charge >= 0.3 is 0 Å². The molecule has 24 heavy (non-hydrogen) atoms. The minimum atomic E-state index is -1.57. The molecule has 0 aromatic carbocycles. The monoisotopic (exact) mass is 370 g/mol. The fourth-order valence-corrected chi connectivity index (χ4v) is 6.89. The highest BCUT2D eigenvalue weighted by molar-refractivity contribution is 6.70. The maximum Gasteiger partial charge on any atom is 0.184 e. The lowest BCUT2D eigenvalue weighted by Gasteiger charge is -2.45. The van der Waals surface area contributed by atoms with Crippen LogP contribution in [0.5, 0.6) is 0 Å². The predicted molar refractivity (Wildman–Crippen MR) is 110 cm³/mol. The van der Waals surface area contributed by atoms with Crippen molar-refractivity contribution < 1.29 is 8.85 Å². The Labute approximate surface area is 153 Å². The second-order valence-corrected chi connectivity index (χ2v) is 19.1. The molecular formula is C20H42O2Si2. The van der Waals surface area contributed by atoms with Gasteiger partial charge in [-0.3, -0.25) is 0 Å². The van der Waals surface area contributed by atoms with Crippen molar-refractivity contribution in [2.45, 2.75) is 116 Å². The summed E-state index contributed by atoms with van der Waals surface area (Å²) < 4.78 is 13.7. The molecule has 0 radical (unpaired) electrons. The summed E-state index contributed by atoms with van der Waals surface area (Å²) in [7, 11) is -3.14. The summed E-state index contributed by atoms with van der Waals surface area (Å²) in [5, 5.41) is 0. The summed E-state index contributed by atoms with van der Waals surface area (Å²) in [6.07, 6.45) is 14.5. The largest absolute Gasteiger partial charge is 0.412 e. The van der Waals surface area contributed by atoms with Crippen molar-refractivity contribution in [1.29, 1.82) is 0 Å². The van der Waals surface area contributed by atoms with Gasteiger partial charge in [0.1, 0.15) is 0 Å². The minimum Gasteiger partial charge on any atom is -0.412 e. The van der Waals surface area contributed by atoms with E-state index in [4.69, 9.17) is 8.85 Å². The van der Waals surface area contributed by atoms with E-state index in [1.807, 2.05) is 0 Å². The molecule has 2 aliphatic carbocycles. The van der Waals surface area contributed by atoms with Crippen LogP contribution in [-0.4, -0.2) is 28.8 Å². The van der Waals surface area contributed by atoms with Crippen molar-refractivity contribution >= 4 is 16.6 Å². The first-order valence-corrected chi connectivity index (χ1v) is 17.3. The van der Waals surface area contributed by atoms with Gasteiger partial charge in [-0.05, 0) is 76.8 Å². The van der Waals surface area contributed by atoms with E-state index in [1.165, 1.54) is 64.2 Å². The molecule has 2 aliphatic rings. The number of rotatable bonds is 7. The minimum absolute atomic E-state index is 0.354. The van der Waals surface area contributed by atoms with Crippen LogP contribution < -0.4 is 0 Å². The molecule has 2 nitrogen and oxygen atoms in total. The summed E-state index contributed by atoms with van der Waals surface area (Å²) in [6.45, 7) is 14.1. The van der Waals surface area contributed by atoms with Crippen LogP contribution in [0.4, 0.5) is 0 Å². The third-order valence-electron chi connectivity index (χ3n) is 5.53. The van der Waals surface area contributed by atoms with Gasteiger partial charge in [0.15, 0.2) is 16.6 Å². The van der Waals surface area contributed by atoms with Gasteiger partial charge in [-0.15, -0.1) is 0 Å². The van der Waals surface area contributed by atoms with E-state index in [0.717, 1.165) is 11.8 Å². The highest BCUT2D eigenvalue weighted by Gasteiger charge is 2.41. The summed E-state index contributed by atoms with van der Waals surface area (Å²) in [4.78, 5) is 0. The third kappa shape index (κ3) is 6.93. The average molecular weight is 371 g/mol. The normalized spacial score (nSPS) is 24.8. The molecule has 4 heteroatoms. The molecule has 2 fully saturated rings. The van der Waals surface area contributed by atoms with Crippen LogP contribution in [0.2, 0.25) is 39.3 Å². The molecule has 0 aromatic rings. The highest BCUT2D eigenvalue weighted by Crippen LogP contribution is 2.39. The molecular weight excluding hydrogens is 328 g/mol. The first-order valence-electron chi connectivity index (χ1n) is 10.5. The Balaban J connectivity index is 2.22. The molecule has 0 amide bonds. The maximum atomic E-state index is 6.87. The van der Waals surface area contributed by atoms with E-state index in [1.54, 1.807) is 0 Å². The molecule has 0 saturated heterocycles. The van der Waals surface area contributed by atoms with E-state index in [0.29, 0.717) is 12.2 Å². The molecule has 0 aromatic heterocycles. The van der Waals surface area contributed by atoms with Gasteiger partial charge < -0.3 is 8.85 Å². The zero-order chi connectivity index (χ0) is 17.8. The van der Waals surface area contributed by atoms with E-state index in [2.05, 4.69) is 39.3 Å². The van der Waals surface area contributed by atoms with Gasteiger partial charge in [-0.25, -0.2) is 0 Å². The van der Waals surface area contributed by atoms with Gasteiger partial charge in [-0.2, -0.15) is 0 Å². The number of hydrogen-bond acceptors (Lipinski definition) is 2. The molecule has 0 spiro atoms. The van der Waals surface area contributed by atoms with Gasteiger partial charge in [-0.1, -0.05) is 38.5 Å². The van der Waals surface area contributed by atoms with Crippen LogP contribution in [0.25, 0.3) is 0 Å². The summed E-state index contributed by atoms with van der Waals surface area (Å²) >= 11 is 0. The van der Waals surface area contributed by atoms with Crippen molar-refractivity contribution in [2.75, 3.05) is 0 Å². The molecule has 0 heterocycles. The molecule has 142 valence electrons. The molecule has 2 saturated carbocycles. The zero-order valence-electron chi connectivity index (χ0n) is 17.2. The average Bonchev–Trinajstić information content (AvgIpc) is 2.50. The van der Waals surface area contributed by atoms with Gasteiger partial charge in [0.05, 0.1) is 12.2 Å². The van der Waals surface area contributed by atoms with Crippen LogP contribution in [0.3, 0.4) is 0 Å². The number of hydrogen-bond donors (Lipinski definition) is 0. The van der Waals surface area contributed by atoms with Crippen LogP contribution >= 0.6 is 0 Å². The van der Waals surface area contributed by atoms with Crippen LogP contribution in [-0.2, 0) is 8.85 Å². The maximum absolute atomic E-state index is 6.87. The van der Waals surface area contributed by atoms with E-state index in [-0.39, 0.29) is 0 Å². The second-order valence-electron chi connectivity index (χ2n) is 10.2. The molecule has 0 aliphatic heterocycles. The van der Waals surface area contributed by atoms with Crippen LogP contribution in [0.1, 0.15) is 64.2 Å². The summed E-state index contributed by atoms with van der Waals surface area (Å²) in [5.74, 6) is 1.46. The second kappa shape index (κ2) is 8.83. The van der Waals surface area contributed by atoms with Crippen molar-refractivity contribution in [3.05, 3.63) is 0 Å². The Kier molecular flexibility index (Phi) is 7.60. The SMILES string of the molecule is C[Si](C)(C)O[C@H](C1CCCCC1)[C@@H](O[Si](C)(C)C)C1CCCCC1. The van der Waals surface area contributed by atoms with Crippen LogP contribution in [0, 0.1) is 11.8 Å². The van der Waals surface area contributed by atoms with Crippen molar-refractivity contribution in [3.8, 4) is 0 Å². The zero-order valence-corrected chi connectivity index (χ0v) is 19.2. The lowest BCUT2D eigenvalue weighted by molar-refractivity contribution is -0.0423. The molecule has 2 atom stereocenters. The summed E-state index contributed by atoms with van der Waals surface area (Å²) in [6, 6.07) is 0. The van der Waals surface area contributed by atoms with Crippen molar-refractivity contribution in [1.82, 2.24) is 0 Å². The first kappa shape index (κ1) is 20.7. The molecule has 2 rings (SSSR count). The highest BCUT2D eigenvalue weighted by atomic mass is 28.4. The third-order valence-corrected chi connectivity index (χ3v) is 7.49. The van der Waals surface area contributed by atoms with Gasteiger partial charge in [0, 0.05) is 0 Å². The smallest absolute Gasteiger partial charge is 0.184 e. The van der Waals surface area contributed by atoms with E-state index >= 15 is 0 Å². The quantitative estimate of drug-likeness (QED) is 0.471. The lowest BCUT2D eigenvalue weighted by Crippen LogP contribution is -2.51. The topological polar surface area (TPSA) is 18.5 Å². The standard InChI is InChI=1S/C20H42O2Si2/c1-23(2,3)21-19(17-13-9-7-10-14-17)20(22-24(4,5)6)18-15-11-8-12-16-18/h17-20H,7-16H2,1-6H3/t19-,20+. The Morgan fingerprint density at radius 3 is 1.08 bits per heavy atom. The van der Waals surface area contributed by atoms with Gasteiger partial charge in [0.2, 0.25) is 0 Å². The summed E-state index contributed by atoms with van der Waals surface area (Å²) in [5.41, 5.74) is 0. The first-order chi connectivity index (χ1) is 11.2. The Morgan fingerprint density at radius 2 is 0.833 bits per heavy atom. The predicted octanol–water partition coefficient (Wildman–Crippen LogP) is 6.59. The Hall–Kier alpha value is 0.354. The van der Waals surface area contributed by atoms with Crippen molar-refractivity contribution in [2.24, 2.45) is 11.8 Å². The lowest BCUT2D eigenvalue weighted by atomic mass is 9.77. The fraction of sp³-hybridized carbons (Fsp3) is 1.00. The van der Waals surface area contributed by atoms with Gasteiger partial charge in [0.25, 0.3) is 0 Å². The molecule has 0 unspecified atom stereocenters.